The second-order valence-electron chi connectivity index (χ2n) is 7.31. The van der Waals surface area contributed by atoms with Gasteiger partial charge in [-0.1, -0.05) is 13.0 Å². The second kappa shape index (κ2) is 7.10. The van der Waals surface area contributed by atoms with Gasteiger partial charge in [0.15, 0.2) is 0 Å². The van der Waals surface area contributed by atoms with Gasteiger partial charge in [0, 0.05) is 30.6 Å². The Balaban J connectivity index is 1.50. The average molecular weight is 364 g/mol. The SMILES string of the molecule is CCc1ccc(C(=O)N2CC[C@H]3[C@@H]2CC(=O)N3Cc2cccc(C)n2)cn1. The maximum atomic E-state index is 12.9. The Morgan fingerprint density at radius 2 is 2.04 bits per heavy atom. The van der Waals surface area contributed by atoms with Crippen LogP contribution < -0.4 is 0 Å². The van der Waals surface area contributed by atoms with Crippen molar-refractivity contribution in [3.05, 3.63) is 59.2 Å². The normalized spacial score (nSPS) is 21.6. The van der Waals surface area contributed by atoms with Crippen molar-refractivity contribution in [3.63, 3.8) is 0 Å². The zero-order valence-corrected chi connectivity index (χ0v) is 15.8. The Kier molecular flexibility index (Phi) is 4.64. The summed E-state index contributed by atoms with van der Waals surface area (Å²) in [7, 11) is 0. The van der Waals surface area contributed by atoms with Gasteiger partial charge >= 0.3 is 0 Å². The molecule has 2 atom stereocenters. The van der Waals surface area contributed by atoms with Crippen LogP contribution in [0.2, 0.25) is 0 Å². The summed E-state index contributed by atoms with van der Waals surface area (Å²) in [6, 6.07) is 9.63. The number of aryl methyl sites for hydroxylation is 2. The van der Waals surface area contributed by atoms with Gasteiger partial charge < -0.3 is 9.80 Å². The van der Waals surface area contributed by atoms with Crippen molar-refractivity contribution in [2.75, 3.05) is 6.54 Å². The minimum Gasteiger partial charge on any atom is -0.333 e. The van der Waals surface area contributed by atoms with Gasteiger partial charge in [-0.25, -0.2) is 0 Å². The molecule has 2 saturated heterocycles. The predicted octanol–water partition coefficient (Wildman–Crippen LogP) is 2.36. The molecule has 0 bridgehead atoms. The largest absolute Gasteiger partial charge is 0.333 e. The molecule has 6 nitrogen and oxygen atoms in total. The molecular weight excluding hydrogens is 340 g/mol. The van der Waals surface area contributed by atoms with E-state index in [-0.39, 0.29) is 23.9 Å². The third kappa shape index (κ3) is 3.31. The first-order chi connectivity index (χ1) is 13.1. The van der Waals surface area contributed by atoms with E-state index in [4.69, 9.17) is 0 Å². The van der Waals surface area contributed by atoms with Crippen LogP contribution in [0.15, 0.2) is 36.5 Å². The lowest BCUT2D eigenvalue weighted by atomic mass is 10.1. The fraction of sp³-hybridized carbons (Fsp3) is 0.429. The number of carbonyl (C=O) groups excluding carboxylic acids is 2. The molecule has 0 aliphatic carbocycles. The predicted molar refractivity (Wildman–Crippen MR) is 101 cm³/mol. The summed E-state index contributed by atoms with van der Waals surface area (Å²) in [5.74, 6) is 0.0752. The van der Waals surface area contributed by atoms with Gasteiger partial charge in [0.1, 0.15) is 0 Å². The summed E-state index contributed by atoms with van der Waals surface area (Å²) in [6.07, 6.45) is 3.70. The minimum atomic E-state index is -0.0549. The average Bonchev–Trinajstić information content (AvgIpc) is 3.21. The van der Waals surface area contributed by atoms with E-state index in [1.165, 1.54) is 0 Å². The van der Waals surface area contributed by atoms with Crippen LogP contribution in [0.1, 0.15) is 47.2 Å². The van der Waals surface area contributed by atoms with Crippen molar-refractivity contribution < 1.29 is 9.59 Å². The standard InChI is InChI=1S/C21H24N4O2/c1-3-16-8-7-15(12-22-16)21(27)24-10-9-18-19(24)11-20(26)25(18)13-17-6-4-5-14(2)23-17/h4-8,12,18-19H,3,9-11,13H2,1-2H3/t18-,19-/m0/s1. The second-order valence-corrected chi connectivity index (χ2v) is 7.31. The first-order valence-electron chi connectivity index (χ1n) is 9.54. The first kappa shape index (κ1) is 17.6. The van der Waals surface area contributed by atoms with E-state index in [2.05, 4.69) is 9.97 Å². The van der Waals surface area contributed by atoms with E-state index < -0.39 is 0 Å². The van der Waals surface area contributed by atoms with Crippen molar-refractivity contribution in [3.8, 4) is 0 Å². The minimum absolute atomic E-state index is 0.0269. The summed E-state index contributed by atoms with van der Waals surface area (Å²) >= 11 is 0. The molecule has 2 aromatic heterocycles. The number of hydrogen-bond donors (Lipinski definition) is 0. The van der Waals surface area contributed by atoms with Crippen molar-refractivity contribution in [1.82, 2.24) is 19.8 Å². The zero-order valence-electron chi connectivity index (χ0n) is 15.8. The van der Waals surface area contributed by atoms with Gasteiger partial charge in [-0.3, -0.25) is 19.6 Å². The summed E-state index contributed by atoms with van der Waals surface area (Å²) < 4.78 is 0. The number of fused-ring (bicyclic) bond motifs is 1. The van der Waals surface area contributed by atoms with Gasteiger partial charge in [-0.15, -0.1) is 0 Å². The third-order valence-corrected chi connectivity index (χ3v) is 5.59. The molecule has 140 valence electrons. The lowest BCUT2D eigenvalue weighted by Gasteiger charge is -2.25. The van der Waals surface area contributed by atoms with E-state index in [9.17, 15) is 9.59 Å². The van der Waals surface area contributed by atoms with Gasteiger partial charge in [0.05, 0.1) is 29.9 Å². The molecule has 2 aliphatic heterocycles. The van der Waals surface area contributed by atoms with E-state index in [0.29, 0.717) is 25.1 Å². The molecule has 2 aromatic rings. The van der Waals surface area contributed by atoms with E-state index >= 15 is 0 Å². The molecule has 0 aromatic carbocycles. The number of rotatable bonds is 4. The highest BCUT2D eigenvalue weighted by Gasteiger charge is 2.48. The molecule has 27 heavy (non-hydrogen) atoms. The van der Waals surface area contributed by atoms with Gasteiger partial charge in [0.2, 0.25) is 5.91 Å². The van der Waals surface area contributed by atoms with Gasteiger partial charge in [-0.05, 0) is 44.0 Å². The molecule has 4 rings (SSSR count). The maximum absolute atomic E-state index is 12.9. The quantitative estimate of drug-likeness (QED) is 0.835. The topological polar surface area (TPSA) is 66.4 Å². The Morgan fingerprint density at radius 1 is 1.19 bits per heavy atom. The van der Waals surface area contributed by atoms with Crippen LogP contribution in [-0.2, 0) is 17.8 Å². The Morgan fingerprint density at radius 3 is 2.74 bits per heavy atom. The van der Waals surface area contributed by atoms with Crippen LogP contribution in [0.5, 0.6) is 0 Å². The summed E-state index contributed by atoms with van der Waals surface area (Å²) in [6.45, 7) is 5.17. The van der Waals surface area contributed by atoms with E-state index in [1.807, 2.05) is 54.0 Å². The smallest absolute Gasteiger partial charge is 0.255 e. The lowest BCUT2D eigenvalue weighted by Crippen LogP contribution is -2.39. The van der Waals surface area contributed by atoms with E-state index in [0.717, 1.165) is 29.9 Å². The highest BCUT2D eigenvalue weighted by atomic mass is 16.2. The van der Waals surface area contributed by atoms with Crippen LogP contribution in [-0.4, -0.2) is 50.2 Å². The number of likely N-dealkylation sites (tertiary alicyclic amines) is 2. The fourth-order valence-corrected chi connectivity index (χ4v) is 4.17. The Hall–Kier alpha value is -2.76. The number of hydrogen-bond acceptors (Lipinski definition) is 4. The van der Waals surface area contributed by atoms with Crippen LogP contribution in [0, 0.1) is 6.92 Å². The highest BCUT2D eigenvalue weighted by molar-refractivity contribution is 5.95. The zero-order chi connectivity index (χ0) is 19.0. The molecule has 0 N–H and O–H groups in total. The van der Waals surface area contributed by atoms with Crippen LogP contribution in [0.25, 0.3) is 0 Å². The van der Waals surface area contributed by atoms with Crippen molar-refractivity contribution in [2.45, 2.75) is 51.7 Å². The molecule has 2 aliphatic rings. The summed E-state index contributed by atoms with van der Waals surface area (Å²) in [4.78, 5) is 38.2. The molecule has 4 heterocycles. The van der Waals surface area contributed by atoms with Crippen molar-refractivity contribution in [2.24, 2.45) is 0 Å². The molecule has 0 saturated carbocycles. The molecular formula is C21H24N4O2. The van der Waals surface area contributed by atoms with Crippen LogP contribution in [0.3, 0.4) is 0 Å². The molecule has 6 heteroatoms. The monoisotopic (exact) mass is 364 g/mol. The first-order valence-corrected chi connectivity index (χ1v) is 9.54. The lowest BCUT2D eigenvalue weighted by molar-refractivity contribution is -0.129. The third-order valence-electron chi connectivity index (χ3n) is 5.59. The van der Waals surface area contributed by atoms with Crippen molar-refractivity contribution >= 4 is 11.8 Å². The molecule has 2 fully saturated rings. The number of pyridine rings is 2. The van der Waals surface area contributed by atoms with Crippen LogP contribution >= 0.6 is 0 Å². The number of carbonyl (C=O) groups is 2. The molecule has 2 amide bonds. The van der Waals surface area contributed by atoms with Gasteiger partial charge in [0.25, 0.3) is 5.91 Å². The van der Waals surface area contributed by atoms with E-state index in [1.54, 1.807) is 6.20 Å². The maximum Gasteiger partial charge on any atom is 0.255 e. The molecule has 0 radical (unpaired) electrons. The molecule has 0 spiro atoms. The number of nitrogens with zero attached hydrogens (tertiary/aromatic N) is 4. The number of amides is 2. The van der Waals surface area contributed by atoms with Crippen molar-refractivity contribution in [1.29, 1.82) is 0 Å². The Bertz CT molecular complexity index is 865. The summed E-state index contributed by atoms with van der Waals surface area (Å²) in [5, 5.41) is 0. The Labute approximate surface area is 159 Å². The number of aromatic nitrogens is 2. The highest BCUT2D eigenvalue weighted by Crippen LogP contribution is 2.34. The fourth-order valence-electron chi connectivity index (χ4n) is 4.17. The van der Waals surface area contributed by atoms with Gasteiger partial charge in [-0.2, -0.15) is 0 Å². The van der Waals surface area contributed by atoms with Crippen LogP contribution in [0.4, 0.5) is 0 Å². The summed E-state index contributed by atoms with van der Waals surface area (Å²) in [5.41, 5.74) is 3.41. The molecule has 0 unspecified atom stereocenters.